The summed E-state index contributed by atoms with van der Waals surface area (Å²) in [7, 11) is 0. The summed E-state index contributed by atoms with van der Waals surface area (Å²) < 4.78 is 0. The van der Waals surface area contributed by atoms with E-state index in [0.29, 0.717) is 0 Å². The van der Waals surface area contributed by atoms with Crippen LogP contribution in [-0.2, 0) is 0 Å². The van der Waals surface area contributed by atoms with Crippen molar-refractivity contribution in [3.05, 3.63) is 109 Å². The van der Waals surface area contributed by atoms with Gasteiger partial charge in [-0.05, 0) is 46.4 Å². The second kappa shape index (κ2) is 6.78. The molecule has 0 aliphatic rings. The van der Waals surface area contributed by atoms with E-state index in [1.165, 1.54) is 38.9 Å². The van der Waals surface area contributed by atoms with Crippen molar-refractivity contribution in [2.45, 2.75) is 6.92 Å². The fraction of sp³-hybridized carbons (Fsp3) is 0.0400. The predicted molar refractivity (Wildman–Crippen MR) is 107 cm³/mol. The highest BCUT2D eigenvalue weighted by atomic mass is 14.1. The van der Waals surface area contributed by atoms with Crippen molar-refractivity contribution in [3.63, 3.8) is 0 Å². The van der Waals surface area contributed by atoms with Crippen LogP contribution in [0.5, 0.6) is 0 Å². The van der Waals surface area contributed by atoms with Gasteiger partial charge in [0, 0.05) is 0 Å². The van der Waals surface area contributed by atoms with E-state index in [2.05, 4.69) is 110 Å². The maximum atomic E-state index is 2.28. The Hall–Kier alpha value is -3.12. The van der Waals surface area contributed by atoms with E-state index in [-0.39, 0.29) is 0 Å². The van der Waals surface area contributed by atoms with E-state index in [0.717, 1.165) is 0 Å². The molecule has 25 heavy (non-hydrogen) atoms. The van der Waals surface area contributed by atoms with Gasteiger partial charge in [-0.15, -0.1) is 0 Å². The molecule has 0 bridgehead atoms. The van der Waals surface area contributed by atoms with Gasteiger partial charge in [0.25, 0.3) is 0 Å². The van der Waals surface area contributed by atoms with Crippen molar-refractivity contribution in [1.82, 2.24) is 0 Å². The molecule has 0 aliphatic carbocycles. The molecule has 0 fully saturated rings. The molecule has 120 valence electrons. The SMILES string of the molecule is Cc1ccc(-c2cccc(-c3ccccc3)c2)c(-c2ccccc2)c1. The molecule has 0 heteroatoms. The zero-order valence-corrected chi connectivity index (χ0v) is 14.3. The first kappa shape index (κ1) is 15.4. The Bertz CT molecular complexity index is 983. The van der Waals surface area contributed by atoms with Gasteiger partial charge in [0.2, 0.25) is 0 Å². The first-order valence-corrected chi connectivity index (χ1v) is 8.63. The van der Waals surface area contributed by atoms with Crippen LogP contribution in [0.25, 0.3) is 33.4 Å². The minimum Gasteiger partial charge on any atom is -0.0622 e. The van der Waals surface area contributed by atoms with E-state index >= 15 is 0 Å². The summed E-state index contributed by atoms with van der Waals surface area (Å²) in [4.78, 5) is 0. The Morgan fingerprint density at radius 1 is 0.400 bits per heavy atom. The first-order chi connectivity index (χ1) is 12.3. The first-order valence-electron chi connectivity index (χ1n) is 8.63. The Kier molecular flexibility index (Phi) is 4.18. The smallest absolute Gasteiger partial charge is 0.0103 e. The zero-order chi connectivity index (χ0) is 17.1. The van der Waals surface area contributed by atoms with Gasteiger partial charge in [-0.1, -0.05) is 103 Å². The van der Waals surface area contributed by atoms with Crippen molar-refractivity contribution in [1.29, 1.82) is 0 Å². The third kappa shape index (κ3) is 3.25. The lowest BCUT2D eigenvalue weighted by Gasteiger charge is -2.13. The topological polar surface area (TPSA) is 0 Å². The molecule has 0 N–H and O–H groups in total. The van der Waals surface area contributed by atoms with Crippen molar-refractivity contribution < 1.29 is 0 Å². The molecule has 4 aromatic rings. The third-order valence-electron chi connectivity index (χ3n) is 4.54. The molecule has 0 radical (unpaired) electrons. The molecule has 0 aliphatic heterocycles. The Labute approximate surface area is 149 Å². The lowest BCUT2D eigenvalue weighted by molar-refractivity contribution is 1.46. The molecular weight excluding hydrogens is 300 g/mol. The van der Waals surface area contributed by atoms with Gasteiger partial charge in [0.15, 0.2) is 0 Å². The zero-order valence-electron chi connectivity index (χ0n) is 14.3. The summed E-state index contributed by atoms with van der Waals surface area (Å²) in [5.74, 6) is 0. The molecule has 0 saturated carbocycles. The van der Waals surface area contributed by atoms with Gasteiger partial charge in [-0.2, -0.15) is 0 Å². The van der Waals surface area contributed by atoms with Gasteiger partial charge in [0.05, 0.1) is 0 Å². The van der Waals surface area contributed by atoms with Gasteiger partial charge in [0.1, 0.15) is 0 Å². The lowest BCUT2D eigenvalue weighted by atomic mass is 9.91. The molecule has 0 aromatic heterocycles. The summed E-state index contributed by atoms with van der Waals surface area (Å²) in [5, 5.41) is 0. The van der Waals surface area contributed by atoms with Gasteiger partial charge >= 0.3 is 0 Å². The second-order valence-corrected chi connectivity index (χ2v) is 6.36. The van der Waals surface area contributed by atoms with E-state index in [4.69, 9.17) is 0 Å². The van der Waals surface area contributed by atoms with E-state index < -0.39 is 0 Å². The molecule has 0 atom stereocenters. The summed E-state index contributed by atoms with van der Waals surface area (Å²) >= 11 is 0. The molecule has 4 aromatic carbocycles. The van der Waals surface area contributed by atoms with Crippen LogP contribution in [0.1, 0.15) is 5.56 Å². The highest BCUT2D eigenvalue weighted by molar-refractivity contribution is 5.85. The quantitative estimate of drug-likeness (QED) is 0.381. The van der Waals surface area contributed by atoms with Gasteiger partial charge < -0.3 is 0 Å². The van der Waals surface area contributed by atoms with E-state index in [9.17, 15) is 0 Å². The Balaban J connectivity index is 1.86. The average Bonchev–Trinajstić information content (AvgIpc) is 2.69. The molecule has 0 heterocycles. The highest BCUT2D eigenvalue weighted by Crippen LogP contribution is 2.34. The molecular formula is C25H20. The standard InChI is InChI=1S/C25H20/c1-19-15-16-24(25(17-19)21-11-6-3-7-12-21)23-14-8-13-22(18-23)20-9-4-2-5-10-20/h2-18H,1H3. The van der Waals surface area contributed by atoms with Crippen LogP contribution in [0.2, 0.25) is 0 Å². The van der Waals surface area contributed by atoms with Crippen LogP contribution in [0.3, 0.4) is 0 Å². The molecule has 0 nitrogen and oxygen atoms in total. The molecule has 4 rings (SSSR count). The molecule has 0 spiro atoms. The maximum Gasteiger partial charge on any atom is -0.0103 e. The maximum absolute atomic E-state index is 2.28. The fourth-order valence-electron chi connectivity index (χ4n) is 3.26. The Morgan fingerprint density at radius 2 is 1.00 bits per heavy atom. The normalized spacial score (nSPS) is 10.6. The molecule has 0 saturated heterocycles. The van der Waals surface area contributed by atoms with Crippen LogP contribution in [-0.4, -0.2) is 0 Å². The fourth-order valence-corrected chi connectivity index (χ4v) is 3.26. The minimum atomic E-state index is 1.25. The van der Waals surface area contributed by atoms with Crippen LogP contribution < -0.4 is 0 Å². The van der Waals surface area contributed by atoms with Crippen molar-refractivity contribution in [2.75, 3.05) is 0 Å². The monoisotopic (exact) mass is 320 g/mol. The van der Waals surface area contributed by atoms with Gasteiger partial charge in [-0.3, -0.25) is 0 Å². The van der Waals surface area contributed by atoms with Crippen molar-refractivity contribution in [2.24, 2.45) is 0 Å². The number of benzene rings is 4. The van der Waals surface area contributed by atoms with Crippen LogP contribution >= 0.6 is 0 Å². The third-order valence-corrected chi connectivity index (χ3v) is 4.54. The summed E-state index contributed by atoms with van der Waals surface area (Å²) in [6.45, 7) is 2.15. The number of hydrogen-bond donors (Lipinski definition) is 0. The summed E-state index contributed by atoms with van der Waals surface area (Å²) in [6, 6.07) is 36.7. The van der Waals surface area contributed by atoms with E-state index in [1.807, 2.05) is 0 Å². The highest BCUT2D eigenvalue weighted by Gasteiger charge is 2.09. The van der Waals surface area contributed by atoms with Crippen molar-refractivity contribution in [3.8, 4) is 33.4 Å². The van der Waals surface area contributed by atoms with E-state index in [1.54, 1.807) is 0 Å². The minimum absolute atomic E-state index is 1.25. The van der Waals surface area contributed by atoms with Crippen molar-refractivity contribution >= 4 is 0 Å². The van der Waals surface area contributed by atoms with Crippen LogP contribution in [0, 0.1) is 6.92 Å². The predicted octanol–water partition coefficient (Wildman–Crippen LogP) is 7.00. The summed E-state index contributed by atoms with van der Waals surface area (Å²) in [5.41, 5.74) is 8.84. The Morgan fingerprint density at radius 3 is 1.72 bits per heavy atom. The largest absolute Gasteiger partial charge is 0.0622 e. The summed E-state index contributed by atoms with van der Waals surface area (Å²) in [6.07, 6.45) is 0. The van der Waals surface area contributed by atoms with Gasteiger partial charge in [-0.25, -0.2) is 0 Å². The molecule has 0 amide bonds. The number of hydrogen-bond acceptors (Lipinski definition) is 0. The number of rotatable bonds is 3. The molecule has 0 unspecified atom stereocenters. The van der Waals surface area contributed by atoms with Crippen LogP contribution in [0.15, 0.2) is 103 Å². The lowest BCUT2D eigenvalue weighted by Crippen LogP contribution is -1.87. The number of aryl methyl sites for hydroxylation is 1. The average molecular weight is 320 g/mol. The second-order valence-electron chi connectivity index (χ2n) is 6.36. The van der Waals surface area contributed by atoms with Crippen LogP contribution in [0.4, 0.5) is 0 Å².